The van der Waals surface area contributed by atoms with Crippen molar-refractivity contribution in [2.75, 3.05) is 0 Å². The normalized spacial score (nSPS) is 17.6. The summed E-state index contributed by atoms with van der Waals surface area (Å²) in [6, 6.07) is 12.8. The van der Waals surface area contributed by atoms with Crippen LogP contribution in [-0.4, -0.2) is 5.78 Å². The van der Waals surface area contributed by atoms with Crippen molar-refractivity contribution in [1.82, 2.24) is 0 Å². The van der Waals surface area contributed by atoms with E-state index in [1.54, 1.807) is 0 Å². The van der Waals surface area contributed by atoms with E-state index < -0.39 is 0 Å². The Morgan fingerprint density at radius 2 is 1.84 bits per heavy atom. The number of benzene rings is 2. The third-order valence-electron chi connectivity index (χ3n) is 4.21. The molecule has 2 aliphatic rings. The van der Waals surface area contributed by atoms with Crippen molar-refractivity contribution in [2.45, 2.75) is 19.3 Å². The molecule has 2 aromatic rings. The third-order valence-corrected chi connectivity index (χ3v) is 4.21. The van der Waals surface area contributed by atoms with Gasteiger partial charge in [-0.3, -0.25) is 4.79 Å². The van der Waals surface area contributed by atoms with Gasteiger partial charge < -0.3 is 0 Å². The lowest BCUT2D eigenvalue weighted by atomic mass is 9.79. The van der Waals surface area contributed by atoms with Crippen LogP contribution < -0.4 is 0 Å². The number of carbonyl (C=O) groups is 1. The van der Waals surface area contributed by atoms with Gasteiger partial charge in [-0.05, 0) is 40.3 Å². The largest absolute Gasteiger partial charge is 0.294 e. The second-order valence-corrected chi connectivity index (χ2v) is 5.23. The summed E-state index contributed by atoms with van der Waals surface area (Å²) in [4.78, 5) is 12.0. The van der Waals surface area contributed by atoms with Gasteiger partial charge in [-0.1, -0.05) is 48.6 Å². The minimum Gasteiger partial charge on any atom is -0.294 e. The zero-order valence-electron chi connectivity index (χ0n) is 10.6. The van der Waals surface area contributed by atoms with Crippen molar-refractivity contribution in [3.8, 4) is 0 Å². The number of carbonyl (C=O) groups excluding carboxylic acids is 1. The number of ketones is 1. The lowest BCUT2D eigenvalue weighted by molar-refractivity contribution is -0.115. The molecule has 0 spiro atoms. The molecular formula is C18H14O. The second-order valence-electron chi connectivity index (χ2n) is 5.23. The summed E-state index contributed by atoms with van der Waals surface area (Å²) in [5.74, 6) is 0.302. The number of fused-ring (bicyclic) bond motifs is 4. The molecular weight excluding hydrogens is 232 g/mol. The quantitative estimate of drug-likeness (QED) is 0.685. The fourth-order valence-corrected chi connectivity index (χ4v) is 3.29. The van der Waals surface area contributed by atoms with Crippen LogP contribution >= 0.6 is 0 Å². The van der Waals surface area contributed by atoms with E-state index in [0.29, 0.717) is 12.2 Å². The van der Waals surface area contributed by atoms with E-state index in [4.69, 9.17) is 0 Å². The van der Waals surface area contributed by atoms with E-state index in [1.807, 2.05) is 6.08 Å². The van der Waals surface area contributed by atoms with Gasteiger partial charge in [-0.25, -0.2) is 0 Å². The molecule has 0 unspecified atom stereocenters. The Hall–Kier alpha value is -2.15. The van der Waals surface area contributed by atoms with Crippen molar-refractivity contribution < 1.29 is 4.79 Å². The van der Waals surface area contributed by atoms with E-state index in [-0.39, 0.29) is 0 Å². The van der Waals surface area contributed by atoms with Crippen molar-refractivity contribution in [2.24, 2.45) is 0 Å². The van der Waals surface area contributed by atoms with Crippen LogP contribution in [0.15, 0.2) is 54.1 Å². The molecule has 0 radical (unpaired) electrons. The lowest BCUT2D eigenvalue weighted by Crippen LogP contribution is -2.14. The van der Waals surface area contributed by atoms with E-state index in [9.17, 15) is 4.79 Å². The van der Waals surface area contributed by atoms with Crippen molar-refractivity contribution in [3.05, 3.63) is 65.3 Å². The van der Waals surface area contributed by atoms with Crippen LogP contribution in [0.1, 0.15) is 24.0 Å². The molecule has 1 heteroatoms. The zero-order valence-corrected chi connectivity index (χ0v) is 10.6. The third kappa shape index (κ3) is 1.51. The van der Waals surface area contributed by atoms with E-state index >= 15 is 0 Å². The van der Waals surface area contributed by atoms with Gasteiger partial charge in [0.05, 0.1) is 0 Å². The van der Waals surface area contributed by atoms with Gasteiger partial charge in [0.15, 0.2) is 5.78 Å². The fourth-order valence-electron chi connectivity index (χ4n) is 3.29. The number of Topliss-reactive ketones (excluding diaryl/α,β-unsaturated/α-hetero) is 1. The summed E-state index contributed by atoms with van der Waals surface area (Å²) in [6.07, 6.45) is 6.56. The molecule has 1 nitrogen and oxygen atoms in total. The fraction of sp³-hybridized carbons (Fsp3) is 0.167. The first-order chi connectivity index (χ1) is 9.34. The maximum atomic E-state index is 12.0. The lowest BCUT2D eigenvalue weighted by Gasteiger charge is -2.24. The van der Waals surface area contributed by atoms with Crippen LogP contribution in [0.25, 0.3) is 16.3 Å². The Morgan fingerprint density at radius 1 is 0.947 bits per heavy atom. The molecule has 0 amide bonds. The van der Waals surface area contributed by atoms with Crippen LogP contribution in [0, 0.1) is 0 Å². The Balaban J connectivity index is 2.04. The number of aryl methyl sites for hydroxylation is 1. The first kappa shape index (κ1) is 10.7. The average molecular weight is 246 g/mol. The van der Waals surface area contributed by atoms with E-state index in [0.717, 1.165) is 24.0 Å². The summed E-state index contributed by atoms with van der Waals surface area (Å²) in [6.45, 7) is 0. The standard InChI is InChI=1S/C18H14O/c19-18-7-3-6-14-16-9-8-12-4-1-2-5-13(12)15(16)10-11-17(14)18/h1-6,8-9H,7,10-11H2. The second kappa shape index (κ2) is 3.92. The topological polar surface area (TPSA) is 17.1 Å². The molecule has 92 valence electrons. The Kier molecular flexibility index (Phi) is 2.22. The molecule has 0 heterocycles. The molecule has 0 atom stereocenters. The molecule has 0 bridgehead atoms. The van der Waals surface area contributed by atoms with Crippen LogP contribution in [0.3, 0.4) is 0 Å². The summed E-state index contributed by atoms with van der Waals surface area (Å²) in [7, 11) is 0. The van der Waals surface area contributed by atoms with Crippen LogP contribution in [0.5, 0.6) is 0 Å². The van der Waals surface area contributed by atoms with Crippen LogP contribution in [0.4, 0.5) is 0 Å². The number of hydrogen-bond acceptors (Lipinski definition) is 1. The van der Waals surface area contributed by atoms with Gasteiger partial charge >= 0.3 is 0 Å². The molecule has 4 rings (SSSR count). The molecule has 0 fully saturated rings. The molecule has 2 aromatic carbocycles. The highest BCUT2D eigenvalue weighted by Gasteiger charge is 2.24. The molecule has 0 N–H and O–H groups in total. The van der Waals surface area contributed by atoms with Gasteiger partial charge in [0.1, 0.15) is 0 Å². The van der Waals surface area contributed by atoms with E-state index in [2.05, 4.69) is 42.5 Å². The number of allylic oxidation sites excluding steroid dienone is 4. The van der Waals surface area contributed by atoms with Gasteiger partial charge in [0.2, 0.25) is 0 Å². The number of rotatable bonds is 0. The van der Waals surface area contributed by atoms with E-state index in [1.165, 1.54) is 21.9 Å². The van der Waals surface area contributed by atoms with Crippen molar-refractivity contribution in [3.63, 3.8) is 0 Å². The SMILES string of the molecule is O=C1CC=CC2=C1CCc1c2ccc2ccccc12. The first-order valence-corrected chi connectivity index (χ1v) is 6.78. The minimum absolute atomic E-state index is 0.302. The molecule has 0 aromatic heterocycles. The molecule has 0 saturated heterocycles. The monoisotopic (exact) mass is 246 g/mol. The maximum absolute atomic E-state index is 12.0. The Bertz CT molecular complexity index is 762. The minimum atomic E-state index is 0.302. The van der Waals surface area contributed by atoms with Crippen LogP contribution in [-0.2, 0) is 11.2 Å². The molecule has 2 aliphatic carbocycles. The summed E-state index contributed by atoms with van der Waals surface area (Å²) < 4.78 is 0. The smallest absolute Gasteiger partial charge is 0.163 e. The Labute approximate surface area is 112 Å². The highest BCUT2D eigenvalue weighted by molar-refractivity contribution is 6.09. The van der Waals surface area contributed by atoms with Crippen LogP contribution in [0.2, 0.25) is 0 Å². The Morgan fingerprint density at radius 3 is 2.79 bits per heavy atom. The summed E-state index contributed by atoms with van der Waals surface area (Å²) >= 11 is 0. The number of hydrogen-bond donors (Lipinski definition) is 0. The van der Waals surface area contributed by atoms with Gasteiger partial charge in [0.25, 0.3) is 0 Å². The highest BCUT2D eigenvalue weighted by atomic mass is 16.1. The average Bonchev–Trinajstić information content (AvgIpc) is 2.47. The van der Waals surface area contributed by atoms with Gasteiger partial charge in [-0.2, -0.15) is 0 Å². The summed E-state index contributed by atoms with van der Waals surface area (Å²) in [5, 5.41) is 2.62. The predicted molar refractivity (Wildman–Crippen MR) is 78.0 cm³/mol. The predicted octanol–water partition coefficient (Wildman–Crippen LogP) is 4.07. The maximum Gasteiger partial charge on any atom is 0.163 e. The van der Waals surface area contributed by atoms with Gasteiger partial charge in [0, 0.05) is 12.0 Å². The molecule has 19 heavy (non-hydrogen) atoms. The van der Waals surface area contributed by atoms with Gasteiger partial charge in [-0.15, -0.1) is 0 Å². The molecule has 0 aliphatic heterocycles. The molecule has 0 saturated carbocycles. The highest BCUT2D eigenvalue weighted by Crippen LogP contribution is 2.38. The first-order valence-electron chi connectivity index (χ1n) is 6.78. The van der Waals surface area contributed by atoms with Crippen molar-refractivity contribution in [1.29, 1.82) is 0 Å². The summed E-state index contributed by atoms with van der Waals surface area (Å²) in [5.41, 5.74) is 4.84. The zero-order chi connectivity index (χ0) is 12.8. The van der Waals surface area contributed by atoms with Crippen molar-refractivity contribution >= 4 is 22.1 Å².